The van der Waals surface area contributed by atoms with Crippen LogP contribution in [0.5, 0.6) is 5.75 Å². The zero-order valence-electron chi connectivity index (χ0n) is 17.3. The lowest BCUT2D eigenvalue weighted by Crippen LogP contribution is -2.24. The van der Waals surface area contributed by atoms with Crippen molar-refractivity contribution in [2.45, 2.75) is 15.8 Å². The molecule has 0 aliphatic heterocycles. The maximum atomic E-state index is 13.2. The van der Waals surface area contributed by atoms with E-state index in [4.69, 9.17) is 15.0 Å². The number of fused-ring (bicyclic) bond motifs is 3. The fourth-order valence-electron chi connectivity index (χ4n) is 3.57. The van der Waals surface area contributed by atoms with Crippen molar-refractivity contribution in [2.75, 3.05) is 7.11 Å². The van der Waals surface area contributed by atoms with Gasteiger partial charge in [0.25, 0.3) is 5.56 Å². The number of ether oxygens (including phenoxy) is 1. The van der Waals surface area contributed by atoms with Gasteiger partial charge < -0.3 is 9.30 Å². The molecule has 0 N–H and O–H groups in total. The summed E-state index contributed by atoms with van der Waals surface area (Å²) in [6, 6.07) is 17.1. The molecule has 3 aromatic heterocycles. The zero-order valence-corrected chi connectivity index (χ0v) is 18.9. The van der Waals surface area contributed by atoms with E-state index < -0.39 is 0 Å². The predicted molar refractivity (Wildman–Crippen MR) is 126 cm³/mol. The monoisotopic (exact) mass is 459 g/mol. The standard InChI is InChI=1S/C23H17N5O2S2/c1-27-19-18(12-25-28(22(19)29)13-15-4-3-5-16(10-15)30-2)20-21(27)26-23(32-20)31-17-8-6-14(11-24)7-9-17/h3-10,12H,13H2,1-2H3. The molecule has 0 spiro atoms. The molecule has 0 aliphatic rings. The van der Waals surface area contributed by atoms with Crippen molar-refractivity contribution in [3.63, 3.8) is 0 Å². The Morgan fingerprint density at radius 3 is 2.78 bits per heavy atom. The molecule has 0 radical (unpaired) electrons. The third-order valence-electron chi connectivity index (χ3n) is 5.16. The molecule has 0 bridgehead atoms. The highest BCUT2D eigenvalue weighted by molar-refractivity contribution is 8.01. The van der Waals surface area contributed by atoms with E-state index in [1.807, 2.05) is 48.0 Å². The fourth-order valence-corrected chi connectivity index (χ4v) is 5.72. The van der Waals surface area contributed by atoms with E-state index in [2.05, 4.69) is 11.2 Å². The molecule has 32 heavy (non-hydrogen) atoms. The van der Waals surface area contributed by atoms with Crippen molar-refractivity contribution in [2.24, 2.45) is 7.05 Å². The van der Waals surface area contributed by atoms with Crippen LogP contribution in [0.4, 0.5) is 0 Å². The molecule has 0 fully saturated rings. The molecule has 0 amide bonds. The van der Waals surface area contributed by atoms with Crippen molar-refractivity contribution >= 4 is 44.3 Å². The summed E-state index contributed by atoms with van der Waals surface area (Å²) in [7, 11) is 3.48. The van der Waals surface area contributed by atoms with Gasteiger partial charge in [-0.2, -0.15) is 10.4 Å². The fraction of sp³-hybridized carbons (Fsp3) is 0.130. The average molecular weight is 460 g/mol. The minimum atomic E-state index is -0.153. The van der Waals surface area contributed by atoms with E-state index >= 15 is 0 Å². The van der Waals surface area contributed by atoms with E-state index in [-0.39, 0.29) is 5.56 Å². The number of aryl methyl sites for hydroxylation is 1. The number of methoxy groups -OCH3 is 1. The molecule has 7 nitrogen and oxygen atoms in total. The number of thiazole rings is 1. The largest absolute Gasteiger partial charge is 0.497 e. The summed E-state index contributed by atoms with van der Waals surface area (Å²) in [5, 5.41) is 14.2. The summed E-state index contributed by atoms with van der Waals surface area (Å²) >= 11 is 3.07. The van der Waals surface area contributed by atoms with Crippen molar-refractivity contribution in [1.29, 1.82) is 5.26 Å². The first kappa shape index (κ1) is 20.3. The summed E-state index contributed by atoms with van der Waals surface area (Å²) < 4.78 is 10.4. The molecule has 0 aliphatic carbocycles. The van der Waals surface area contributed by atoms with Crippen LogP contribution in [0.1, 0.15) is 11.1 Å². The first-order valence-electron chi connectivity index (χ1n) is 9.73. The predicted octanol–water partition coefficient (Wildman–Crippen LogP) is 4.42. The Balaban J connectivity index is 1.51. The van der Waals surface area contributed by atoms with Gasteiger partial charge in [0.2, 0.25) is 0 Å². The summed E-state index contributed by atoms with van der Waals surface area (Å²) in [6.45, 7) is 0.359. The van der Waals surface area contributed by atoms with Gasteiger partial charge in [0, 0.05) is 17.3 Å². The Morgan fingerprint density at radius 2 is 2.03 bits per heavy atom. The maximum absolute atomic E-state index is 13.2. The van der Waals surface area contributed by atoms with Crippen molar-refractivity contribution in [3.8, 4) is 11.8 Å². The van der Waals surface area contributed by atoms with Gasteiger partial charge in [-0.15, -0.1) is 11.3 Å². The summed E-state index contributed by atoms with van der Waals surface area (Å²) in [5.74, 6) is 0.743. The van der Waals surface area contributed by atoms with Gasteiger partial charge >= 0.3 is 0 Å². The van der Waals surface area contributed by atoms with E-state index in [9.17, 15) is 4.79 Å². The topological polar surface area (TPSA) is 85.7 Å². The lowest BCUT2D eigenvalue weighted by atomic mass is 10.2. The molecule has 3 heterocycles. The lowest BCUT2D eigenvalue weighted by Gasteiger charge is -2.07. The molecular weight excluding hydrogens is 442 g/mol. The number of nitrogens with zero attached hydrogens (tertiary/aromatic N) is 5. The minimum absolute atomic E-state index is 0.153. The minimum Gasteiger partial charge on any atom is -0.497 e. The third kappa shape index (κ3) is 3.53. The quantitative estimate of drug-likeness (QED) is 0.387. The number of hydrogen-bond acceptors (Lipinski definition) is 7. The normalized spacial score (nSPS) is 11.2. The molecule has 0 saturated carbocycles. The summed E-state index contributed by atoms with van der Waals surface area (Å²) in [4.78, 5) is 19.0. The molecule has 2 aromatic carbocycles. The van der Waals surface area contributed by atoms with Crippen LogP contribution >= 0.6 is 23.1 Å². The highest BCUT2D eigenvalue weighted by Crippen LogP contribution is 2.38. The van der Waals surface area contributed by atoms with Crippen LogP contribution in [0.3, 0.4) is 0 Å². The summed E-state index contributed by atoms with van der Waals surface area (Å²) in [5.41, 5.74) is 2.76. The molecule has 5 aromatic rings. The Labute approximate surface area is 191 Å². The van der Waals surface area contributed by atoms with E-state index in [1.54, 1.807) is 25.4 Å². The molecule has 158 valence electrons. The second-order valence-electron chi connectivity index (χ2n) is 7.15. The molecule has 5 rings (SSSR count). The van der Waals surface area contributed by atoms with Crippen molar-refractivity contribution in [3.05, 3.63) is 76.2 Å². The number of hydrogen-bond donors (Lipinski definition) is 0. The van der Waals surface area contributed by atoms with Gasteiger partial charge in [-0.25, -0.2) is 9.67 Å². The van der Waals surface area contributed by atoms with Gasteiger partial charge in [0.05, 0.1) is 36.2 Å². The average Bonchev–Trinajstić information content (AvgIpc) is 3.34. The highest BCUT2D eigenvalue weighted by atomic mass is 32.2. The van der Waals surface area contributed by atoms with Crippen LogP contribution < -0.4 is 10.3 Å². The van der Waals surface area contributed by atoms with Gasteiger partial charge in [0.1, 0.15) is 11.3 Å². The highest BCUT2D eigenvalue weighted by Gasteiger charge is 2.18. The van der Waals surface area contributed by atoms with Gasteiger partial charge in [-0.1, -0.05) is 23.9 Å². The smallest absolute Gasteiger partial charge is 0.291 e. The van der Waals surface area contributed by atoms with Crippen molar-refractivity contribution < 1.29 is 4.74 Å². The molecule has 0 atom stereocenters. The molecule has 0 unspecified atom stereocenters. The van der Waals surface area contributed by atoms with Crippen LogP contribution in [-0.4, -0.2) is 26.4 Å². The first-order chi connectivity index (χ1) is 15.6. The van der Waals surface area contributed by atoms with Crippen LogP contribution in [0, 0.1) is 11.3 Å². The molecule has 0 saturated heterocycles. The third-order valence-corrected chi connectivity index (χ3v) is 7.31. The van der Waals surface area contributed by atoms with Gasteiger partial charge in [0.15, 0.2) is 9.99 Å². The van der Waals surface area contributed by atoms with Crippen molar-refractivity contribution in [1.82, 2.24) is 19.3 Å². The lowest BCUT2D eigenvalue weighted by molar-refractivity contribution is 0.414. The first-order valence-corrected chi connectivity index (χ1v) is 11.4. The maximum Gasteiger partial charge on any atom is 0.291 e. The zero-order chi connectivity index (χ0) is 22.2. The molecule has 9 heteroatoms. The van der Waals surface area contributed by atoms with E-state index in [0.717, 1.165) is 36.3 Å². The second-order valence-corrected chi connectivity index (χ2v) is 9.47. The van der Waals surface area contributed by atoms with Gasteiger partial charge in [-0.05, 0) is 42.0 Å². The second kappa shape index (κ2) is 8.15. The van der Waals surface area contributed by atoms with Gasteiger partial charge in [-0.3, -0.25) is 4.79 Å². The van der Waals surface area contributed by atoms with Crippen LogP contribution in [-0.2, 0) is 13.6 Å². The number of aromatic nitrogens is 4. The Kier molecular flexibility index (Phi) is 5.17. The van der Waals surface area contributed by atoms with E-state index in [0.29, 0.717) is 17.6 Å². The Bertz CT molecular complexity index is 1560. The number of rotatable bonds is 5. The number of benzene rings is 2. The SMILES string of the molecule is COc1cccc(Cn2ncc3c4sc(Sc5ccc(C#N)cc5)nc4n(C)c3c2=O)c1. The van der Waals surface area contributed by atoms with Crippen LogP contribution in [0.25, 0.3) is 21.3 Å². The molecular formula is C23H17N5O2S2. The van der Waals surface area contributed by atoms with E-state index in [1.165, 1.54) is 27.8 Å². The Morgan fingerprint density at radius 1 is 1.22 bits per heavy atom. The number of nitriles is 1. The van der Waals surface area contributed by atoms with Crippen LogP contribution in [0.2, 0.25) is 0 Å². The van der Waals surface area contributed by atoms with Crippen LogP contribution in [0.15, 0.2) is 68.8 Å². The Hall–Kier alpha value is -3.61. The summed E-state index contributed by atoms with van der Waals surface area (Å²) in [6.07, 6.45) is 1.74.